The molecule has 12 aromatic rings. The molecule has 0 fully saturated rings. The quantitative estimate of drug-likeness (QED) is 0.158. The Balaban J connectivity index is 1.16. The Labute approximate surface area is 356 Å². The van der Waals surface area contributed by atoms with E-state index in [1.54, 1.807) is 0 Å². The number of nitrogens with zero attached hydrogens (tertiary/aromatic N) is 2. The summed E-state index contributed by atoms with van der Waals surface area (Å²) in [7, 11) is 0. The van der Waals surface area contributed by atoms with Crippen molar-refractivity contribution in [1.29, 1.82) is 0 Å². The van der Waals surface area contributed by atoms with Crippen molar-refractivity contribution in [2.45, 2.75) is 0 Å². The molecule has 0 bridgehead atoms. The summed E-state index contributed by atoms with van der Waals surface area (Å²) >= 11 is 3.74. The van der Waals surface area contributed by atoms with E-state index in [-0.39, 0.29) is 0 Å². The van der Waals surface area contributed by atoms with Crippen molar-refractivity contribution >= 4 is 119 Å². The van der Waals surface area contributed by atoms with Crippen molar-refractivity contribution < 1.29 is 0 Å². The molecule has 12 rings (SSSR count). The van der Waals surface area contributed by atoms with Gasteiger partial charge >= 0.3 is 0 Å². The predicted octanol–water partition coefficient (Wildman–Crippen LogP) is 17.3. The van der Waals surface area contributed by atoms with Gasteiger partial charge < -0.3 is 9.80 Å². The van der Waals surface area contributed by atoms with E-state index in [0.29, 0.717) is 0 Å². The van der Waals surface area contributed by atoms with Crippen LogP contribution in [-0.4, -0.2) is 0 Å². The van der Waals surface area contributed by atoms with Gasteiger partial charge in [-0.3, -0.25) is 0 Å². The van der Waals surface area contributed by atoms with E-state index in [9.17, 15) is 0 Å². The Kier molecular flexibility index (Phi) is 8.25. The fraction of sp³-hybridized carbons (Fsp3) is 0. The monoisotopic (exact) mass is 800 g/mol. The minimum atomic E-state index is 1.11. The summed E-state index contributed by atoms with van der Waals surface area (Å²) in [5.41, 5.74) is 9.13. The summed E-state index contributed by atoms with van der Waals surface area (Å²) < 4.78 is 5.11. The van der Waals surface area contributed by atoms with Crippen LogP contribution < -0.4 is 9.80 Å². The van der Waals surface area contributed by atoms with Gasteiger partial charge in [-0.15, -0.1) is 22.7 Å². The molecule has 0 spiro atoms. The lowest BCUT2D eigenvalue weighted by Gasteiger charge is -2.32. The second kappa shape index (κ2) is 14.2. The number of fused-ring (bicyclic) bond motifs is 8. The lowest BCUT2D eigenvalue weighted by atomic mass is 9.97. The molecule has 0 saturated carbocycles. The van der Waals surface area contributed by atoms with Crippen molar-refractivity contribution in [3.63, 3.8) is 0 Å². The summed E-state index contributed by atoms with van der Waals surface area (Å²) in [6.45, 7) is 0. The van der Waals surface area contributed by atoms with Crippen molar-refractivity contribution in [2.75, 3.05) is 9.80 Å². The van der Waals surface area contributed by atoms with Gasteiger partial charge in [-0.25, -0.2) is 0 Å². The third-order valence-corrected chi connectivity index (χ3v) is 14.3. The van der Waals surface area contributed by atoms with Crippen LogP contribution in [0.5, 0.6) is 0 Å². The van der Waals surface area contributed by atoms with Crippen LogP contribution in [0.15, 0.2) is 218 Å². The van der Waals surface area contributed by atoms with Crippen LogP contribution in [0.4, 0.5) is 34.1 Å². The van der Waals surface area contributed by atoms with E-state index in [4.69, 9.17) is 0 Å². The van der Waals surface area contributed by atoms with Crippen LogP contribution in [0.25, 0.3) is 73.0 Å². The van der Waals surface area contributed by atoms with Gasteiger partial charge in [0.25, 0.3) is 0 Å². The van der Waals surface area contributed by atoms with Crippen LogP contribution in [0.1, 0.15) is 0 Å². The minimum Gasteiger partial charge on any atom is -0.308 e. The van der Waals surface area contributed by atoms with Crippen molar-refractivity contribution in [2.24, 2.45) is 0 Å². The maximum absolute atomic E-state index is 2.52. The van der Waals surface area contributed by atoms with Gasteiger partial charge in [0, 0.05) is 52.8 Å². The third kappa shape index (κ3) is 5.53. The maximum atomic E-state index is 2.52. The highest BCUT2D eigenvalue weighted by Gasteiger charge is 2.26. The first-order chi connectivity index (χ1) is 29.8. The van der Waals surface area contributed by atoms with Gasteiger partial charge in [-0.1, -0.05) is 170 Å². The lowest BCUT2D eigenvalue weighted by Crippen LogP contribution is -2.14. The molecule has 60 heavy (non-hydrogen) atoms. The standard InChI is InChI=1S/C56H36N2S2/c1-3-21-39-37(17-1)19-13-31-47(39)57(51-33-15-27-45-43-25-7-11-35-53(43)59-55(45)51)49-29-9-5-23-41(49)42-24-6-10-30-50(42)58(48-32-14-20-38-18-2-4-22-40(38)48)52-34-16-28-46-44-26-8-12-36-54(44)60-56(46)52/h1-36H. The van der Waals surface area contributed by atoms with Crippen molar-refractivity contribution in [1.82, 2.24) is 0 Å². The summed E-state index contributed by atoms with van der Waals surface area (Å²) in [4.78, 5) is 5.03. The summed E-state index contributed by atoms with van der Waals surface area (Å²) in [6.07, 6.45) is 0. The molecule has 10 aromatic carbocycles. The van der Waals surface area contributed by atoms with E-state index >= 15 is 0 Å². The highest BCUT2D eigenvalue weighted by atomic mass is 32.1. The molecule has 0 aliphatic rings. The molecule has 0 saturated heterocycles. The van der Waals surface area contributed by atoms with Gasteiger partial charge in [0.1, 0.15) is 0 Å². The number of hydrogen-bond donors (Lipinski definition) is 0. The Hall–Kier alpha value is -7.24. The average molecular weight is 801 g/mol. The smallest absolute Gasteiger partial charge is 0.0640 e. The first kappa shape index (κ1) is 34.8. The molecular formula is C56H36N2S2. The molecule has 0 N–H and O–H groups in total. The number of rotatable bonds is 7. The van der Waals surface area contributed by atoms with Crippen LogP contribution in [0.3, 0.4) is 0 Å². The fourth-order valence-corrected chi connectivity index (χ4v) is 11.6. The van der Waals surface area contributed by atoms with Gasteiger partial charge in [0.05, 0.1) is 43.5 Å². The van der Waals surface area contributed by atoms with Crippen LogP contribution >= 0.6 is 22.7 Å². The zero-order valence-electron chi connectivity index (χ0n) is 32.5. The summed E-state index contributed by atoms with van der Waals surface area (Å²) in [5, 5.41) is 9.95. The Morgan fingerprint density at radius 3 is 1.03 bits per heavy atom. The molecule has 2 aromatic heterocycles. The molecule has 4 heteroatoms. The van der Waals surface area contributed by atoms with Gasteiger partial charge in [0.15, 0.2) is 0 Å². The first-order valence-corrected chi connectivity index (χ1v) is 22.0. The van der Waals surface area contributed by atoms with Crippen LogP contribution in [0.2, 0.25) is 0 Å². The van der Waals surface area contributed by atoms with Gasteiger partial charge in [-0.05, 0) is 59.3 Å². The Bertz CT molecular complexity index is 3350. The largest absolute Gasteiger partial charge is 0.308 e. The molecule has 0 aliphatic heterocycles. The molecule has 0 atom stereocenters. The number of thiophene rings is 2. The minimum absolute atomic E-state index is 1.11. The molecule has 2 heterocycles. The van der Waals surface area contributed by atoms with Crippen LogP contribution in [0, 0.1) is 0 Å². The van der Waals surface area contributed by atoms with E-state index < -0.39 is 0 Å². The maximum Gasteiger partial charge on any atom is 0.0640 e. The Morgan fingerprint density at radius 2 is 0.550 bits per heavy atom. The highest BCUT2D eigenvalue weighted by molar-refractivity contribution is 7.26. The number of benzene rings is 10. The molecule has 0 radical (unpaired) electrons. The number of anilines is 6. The zero-order valence-corrected chi connectivity index (χ0v) is 34.1. The van der Waals surface area contributed by atoms with Crippen LogP contribution in [-0.2, 0) is 0 Å². The molecule has 0 amide bonds. The van der Waals surface area contributed by atoms with Crippen molar-refractivity contribution in [3.05, 3.63) is 218 Å². The summed E-state index contributed by atoms with van der Waals surface area (Å²) in [6, 6.07) is 80.0. The van der Waals surface area contributed by atoms with E-state index in [1.807, 2.05) is 22.7 Å². The lowest BCUT2D eigenvalue weighted by molar-refractivity contribution is 1.30. The predicted molar refractivity (Wildman–Crippen MR) is 262 cm³/mol. The van der Waals surface area contributed by atoms with E-state index in [1.165, 1.54) is 61.9 Å². The average Bonchev–Trinajstić information content (AvgIpc) is 3.89. The van der Waals surface area contributed by atoms with E-state index in [2.05, 4.69) is 228 Å². The summed E-state index contributed by atoms with van der Waals surface area (Å²) in [5.74, 6) is 0. The second-order valence-corrected chi connectivity index (χ2v) is 17.3. The van der Waals surface area contributed by atoms with Gasteiger partial charge in [0.2, 0.25) is 0 Å². The SMILES string of the molecule is c1ccc(N(c2cccc3ccccc23)c2cccc3c2sc2ccccc23)c(-c2ccccc2N(c2cccc3ccccc23)c2cccc3c2sc2ccccc23)c1. The molecule has 0 unspecified atom stereocenters. The molecule has 282 valence electrons. The second-order valence-electron chi connectivity index (χ2n) is 15.2. The van der Waals surface area contributed by atoms with Gasteiger partial charge in [-0.2, -0.15) is 0 Å². The van der Waals surface area contributed by atoms with Crippen molar-refractivity contribution in [3.8, 4) is 11.1 Å². The Morgan fingerprint density at radius 1 is 0.233 bits per heavy atom. The first-order valence-electron chi connectivity index (χ1n) is 20.3. The number of hydrogen-bond acceptors (Lipinski definition) is 4. The molecular weight excluding hydrogens is 765 g/mol. The fourth-order valence-electron chi connectivity index (χ4n) is 9.19. The number of para-hydroxylation sites is 2. The zero-order chi connectivity index (χ0) is 39.6. The third-order valence-electron chi connectivity index (χ3n) is 11.8. The van der Waals surface area contributed by atoms with E-state index in [0.717, 1.165) is 45.3 Å². The molecule has 2 nitrogen and oxygen atoms in total. The topological polar surface area (TPSA) is 6.48 Å². The molecule has 0 aliphatic carbocycles. The normalized spacial score (nSPS) is 11.7. The highest BCUT2D eigenvalue weighted by Crippen LogP contribution is 2.52.